The second kappa shape index (κ2) is 3.80. The number of ether oxygens (including phenoxy) is 1. The summed E-state index contributed by atoms with van der Waals surface area (Å²) in [5.41, 5.74) is 0. The standard InChI is InChI=1S/C11H20N2O/c1-2-10(1)13-5-6-14-8-9-7-12-4-3-11(9)13/h9-12H,1-8H2. The van der Waals surface area contributed by atoms with Crippen LogP contribution in [0.1, 0.15) is 19.3 Å². The van der Waals surface area contributed by atoms with Crippen molar-refractivity contribution in [2.45, 2.75) is 31.3 Å². The summed E-state index contributed by atoms with van der Waals surface area (Å²) < 4.78 is 5.69. The van der Waals surface area contributed by atoms with Crippen LogP contribution < -0.4 is 5.32 Å². The molecule has 2 saturated heterocycles. The second-order valence-corrected chi connectivity index (χ2v) is 4.86. The number of nitrogens with zero attached hydrogens (tertiary/aromatic N) is 1. The van der Waals surface area contributed by atoms with Crippen LogP contribution in [0.3, 0.4) is 0 Å². The second-order valence-electron chi connectivity index (χ2n) is 4.86. The molecule has 0 radical (unpaired) electrons. The SMILES string of the molecule is C1CC2C(CN1)COCCN2C1CC1. The summed E-state index contributed by atoms with van der Waals surface area (Å²) in [6, 6.07) is 1.72. The average Bonchev–Trinajstić information content (AvgIpc) is 3.03. The predicted octanol–water partition coefficient (Wildman–Crippen LogP) is 0.459. The molecule has 2 unspecified atom stereocenters. The summed E-state index contributed by atoms with van der Waals surface area (Å²) in [7, 11) is 0. The maximum absolute atomic E-state index is 5.69. The van der Waals surface area contributed by atoms with Gasteiger partial charge in [0.1, 0.15) is 0 Å². The quantitative estimate of drug-likeness (QED) is 0.659. The van der Waals surface area contributed by atoms with Gasteiger partial charge in [0.2, 0.25) is 0 Å². The van der Waals surface area contributed by atoms with E-state index < -0.39 is 0 Å². The minimum atomic E-state index is 0.742. The molecule has 14 heavy (non-hydrogen) atoms. The lowest BCUT2D eigenvalue weighted by Crippen LogP contribution is -2.50. The molecule has 0 amide bonds. The highest BCUT2D eigenvalue weighted by Crippen LogP contribution is 2.33. The summed E-state index contributed by atoms with van der Waals surface area (Å²) in [5, 5.41) is 3.48. The third-order valence-corrected chi connectivity index (χ3v) is 3.84. The summed E-state index contributed by atoms with van der Waals surface area (Å²) >= 11 is 0. The van der Waals surface area contributed by atoms with E-state index in [2.05, 4.69) is 10.2 Å². The fourth-order valence-corrected chi connectivity index (χ4v) is 2.95. The third kappa shape index (κ3) is 1.69. The van der Waals surface area contributed by atoms with Gasteiger partial charge in [-0.25, -0.2) is 0 Å². The predicted molar refractivity (Wildman–Crippen MR) is 55.3 cm³/mol. The fraction of sp³-hybridized carbons (Fsp3) is 1.00. The fourth-order valence-electron chi connectivity index (χ4n) is 2.95. The van der Waals surface area contributed by atoms with Crippen molar-refractivity contribution in [3.8, 4) is 0 Å². The van der Waals surface area contributed by atoms with Crippen molar-refractivity contribution in [3.05, 3.63) is 0 Å². The van der Waals surface area contributed by atoms with Crippen LogP contribution in [-0.2, 0) is 4.74 Å². The molecular formula is C11H20N2O. The molecule has 2 heterocycles. The maximum Gasteiger partial charge on any atom is 0.0593 e. The van der Waals surface area contributed by atoms with Crippen LogP contribution in [0.4, 0.5) is 0 Å². The monoisotopic (exact) mass is 196 g/mol. The van der Waals surface area contributed by atoms with Crippen LogP contribution in [0, 0.1) is 5.92 Å². The lowest BCUT2D eigenvalue weighted by atomic mass is 9.93. The van der Waals surface area contributed by atoms with Crippen molar-refractivity contribution in [1.82, 2.24) is 10.2 Å². The molecule has 1 aliphatic carbocycles. The largest absolute Gasteiger partial charge is 0.380 e. The molecule has 3 rings (SSSR count). The summed E-state index contributed by atoms with van der Waals surface area (Å²) in [5.74, 6) is 0.742. The van der Waals surface area contributed by atoms with Crippen molar-refractivity contribution in [1.29, 1.82) is 0 Å². The van der Waals surface area contributed by atoms with Gasteiger partial charge in [-0.05, 0) is 25.8 Å². The lowest BCUT2D eigenvalue weighted by Gasteiger charge is -2.37. The van der Waals surface area contributed by atoms with Crippen LogP contribution >= 0.6 is 0 Å². The molecule has 3 aliphatic rings. The lowest BCUT2D eigenvalue weighted by molar-refractivity contribution is 0.100. The minimum absolute atomic E-state index is 0.742. The van der Waals surface area contributed by atoms with E-state index in [1.807, 2.05) is 0 Å². The van der Waals surface area contributed by atoms with Gasteiger partial charge in [0.05, 0.1) is 13.2 Å². The summed E-state index contributed by atoms with van der Waals surface area (Å²) in [6.07, 6.45) is 4.18. The normalized spacial score (nSPS) is 40.3. The number of piperidine rings is 1. The number of rotatable bonds is 1. The van der Waals surface area contributed by atoms with Gasteiger partial charge in [-0.15, -0.1) is 0 Å². The van der Waals surface area contributed by atoms with E-state index in [1.165, 1.54) is 32.4 Å². The van der Waals surface area contributed by atoms with Crippen LogP contribution in [-0.4, -0.2) is 49.8 Å². The smallest absolute Gasteiger partial charge is 0.0593 e. The Morgan fingerprint density at radius 2 is 2.14 bits per heavy atom. The van der Waals surface area contributed by atoms with Gasteiger partial charge >= 0.3 is 0 Å². The molecule has 0 aromatic carbocycles. The molecule has 0 bridgehead atoms. The number of nitrogens with one attached hydrogen (secondary N) is 1. The molecule has 2 atom stereocenters. The van der Waals surface area contributed by atoms with Gasteiger partial charge in [-0.2, -0.15) is 0 Å². The Kier molecular flexibility index (Phi) is 2.48. The summed E-state index contributed by atoms with van der Waals surface area (Å²) in [4.78, 5) is 2.73. The molecule has 0 aromatic rings. The molecule has 0 spiro atoms. The average molecular weight is 196 g/mol. The Morgan fingerprint density at radius 3 is 3.00 bits per heavy atom. The third-order valence-electron chi connectivity index (χ3n) is 3.84. The first-order valence-electron chi connectivity index (χ1n) is 5.99. The molecule has 3 nitrogen and oxygen atoms in total. The highest BCUT2D eigenvalue weighted by molar-refractivity contribution is 4.94. The van der Waals surface area contributed by atoms with Crippen LogP contribution in [0.25, 0.3) is 0 Å². The number of fused-ring (bicyclic) bond motifs is 1. The van der Waals surface area contributed by atoms with Crippen molar-refractivity contribution < 1.29 is 4.74 Å². The Labute approximate surface area is 85.8 Å². The Bertz CT molecular complexity index is 205. The molecule has 80 valence electrons. The number of hydrogen-bond donors (Lipinski definition) is 1. The van der Waals surface area contributed by atoms with Gasteiger partial charge in [-0.3, -0.25) is 4.90 Å². The Hall–Kier alpha value is -0.120. The molecule has 1 saturated carbocycles. The van der Waals surface area contributed by atoms with Crippen LogP contribution in [0.2, 0.25) is 0 Å². The molecule has 3 fully saturated rings. The maximum atomic E-state index is 5.69. The van der Waals surface area contributed by atoms with E-state index >= 15 is 0 Å². The molecule has 2 aliphatic heterocycles. The van der Waals surface area contributed by atoms with E-state index in [9.17, 15) is 0 Å². The Balaban J connectivity index is 1.74. The van der Waals surface area contributed by atoms with Gasteiger partial charge in [0, 0.05) is 31.1 Å². The Morgan fingerprint density at radius 1 is 1.21 bits per heavy atom. The molecule has 1 N–H and O–H groups in total. The van der Waals surface area contributed by atoms with Crippen molar-refractivity contribution >= 4 is 0 Å². The first-order valence-corrected chi connectivity index (χ1v) is 5.99. The van der Waals surface area contributed by atoms with Crippen LogP contribution in [0.5, 0.6) is 0 Å². The first kappa shape index (κ1) is 9.13. The van der Waals surface area contributed by atoms with Crippen molar-refractivity contribution in [3.63, 3.8) is 0 Å². The van der Waals surface area contributed by atoms with Gasteiger partial charge in [0.15, 0.2) is 0 Å². The van der Waals surface area contributed by atoms with E-state index in [0.717, 1.165) is 37.8 Å². The summed E-state index contributed by atoms with van der Waals surface area (Å²) in [6.45, 7) is 5.45. The van der Waals surface area contributed by atoms with Gasteiger partial charge in [0.25, 0.3) is 0 Å². The zero-order valence-corrected chi connectivity index (χ0v) is 8.74. The molecule has 0 aromatic heterocycles. The molecular weight excluding hydrogens is 176 g/mol. The highest BCUT2D eigenvalue weighted by atomic mass is 16.5. The van der Waals surface area contributed by atoms with E-state index in [0.29, 0.717) is 0 Å². The van der Waals surface area contributed by atoms with Crippen molar-refractivity contribution in [2.75, 3.05) is 32.8 Å². The van der Waals surface area contributed by atoms with E-state index in [1.54, 1.807) is 0 Å². The first-order chi connectivity index (χ1) is 6.95. The number of hydrogen-bond acceptors (Lipinski definition) is 3. The minimum Gasteiger partial charge on any atom is -0.380 e. The van der Waals surface area contributed by atoms with Gasteiger partial charge in [-0.1, -0.05) is 0 Å². The topological polar surface area (TPSA) is 24.5 Å². The van der Waals surface area contributed by atoms with Crippen molar-refractivity contribution in [2.24, 2.45) is 5.92 Å². The van der Waals surface area contributed by atoms with Crippen LogP contribution in [0.15, 0.2) is 0 Å². The zero-order chi connectivity index (χ0) is 9.38. The zero-order valence-electron chi connectivity index (χ0n) is 8.74. The molecule has 3 heteroatoms. The van der Waals surface area contributed by atoms with Gasteiger partial charge < -0.3 is 10.1 Å². The van der Waals surface area contributed by atoms with E-state index in [-0.39, 0.29) is 0 Å². The highest BCUT2D eigenvalue weighted by Gasteiger charge is 2.39. The van der Waals surface area contributed by atoms with E-state index in [4.69, 9.17) is 4.74 Å².